The van der Waals surface area contributed by atoms with Crippen LogP contribution in [0, 0.1) is 0 Å². The van der Waals surface area contributed by atoms with Crippen LogP contribution >= 0.6 is 11.3 Å². The molecular weight excluding hydrogens is 667 g/mol. The Morgan fingerprint density at radius 3 is 1.34 bits per heavy atom. The number of rotatable bonds is 6. The summed E-state index contributed by atoms with van der Waals surface area (Å²) in [5, 5.41) is 1.16. The molecule has 0 aliphatic heterocycles. The van der Waals surface area contributed by atoms with Gasteiger partial charge in [-0.2, -0.15) is 0 Å². The fourth-order valence-electron chi connectivity index (χ4n) is 6.84. The van der Waals surface area contributed by atoms with E-state index in [1.807, 2.05) is 42.5 Å². The standard InChI is InChI=1S/C47H29N5S/c1-3-10-30(11-4-1)31-20-26-36(27-21-31)45-50-44(35-12-5-2-6-13-35)51-46(52-45)37-28-22-33(23-29-37)32-18-24-34(25-19-32)38-15-9-16-40-42(38)49-47-43(48-40)39-14-7-8-17-41(39)53-47/h1-29H. The maximum absolute atomic E-state index is 5.12. The molecule has 7 aromatic carbocycles. The lowest BCUT2D eigenvalue weighted by Crippen LogP contribution is -2.00. The van der Waals surface area contributed by atoms with Crippen molar-refractivity contribution >= 4 is 42.8 Å². The third-order valence-electron chi connectivity index (χ3n) is 9.60. The summed E-state index contributed by atoms with van der Waals surface area (Å²) in [5.74, 6) is 1.91. The van der Waals surface area contributed by atoms with E-state index in [0.29, 0.717) is 17.5 Å². The summed E-state index contributed by atoms with van der Waals surface area (Å²) in [6, 6.07) is 60.6. The average Bonchev–Trinajstić information content (AvgIpc) is 3.61. The molecule has 10 aromatic rings. The molecule has 0 saturated heterocycles. The van der Waals surface area contributed by atoms with Crippen molar-refractivity contribution in [2.45, 2.75) is 0 Å². The highest BCUT2D eigenvalue weighted by Gasteiger charge is 2.15. The summed E-state index contributed by atoms with van der Waals surface area (Å²) in [5.41, 5.74) is 12.3. The molecule has 3 heterocycles. The highest BCUT2D eigenvalue weighted by atomic mass is 32.1. The van der Waals surface area contributed by atoms with E-state index in [1.165, 1.54) is 10.3 Å². The van der Waals surface area contributed by atoms with Crippen LogP contribution < -0.4 is 0 Å². The number of para-hydroxylation sites is 1. The highest BCUT2D eigenvalue weighted by Crippen LogP contribution is 2.36. The Bertz CT molecular complexity index is 2900. The van der Waals surface area contributed by atoms with Crippen LogP contribution in [0.2, 0.25) is 0 Å². The normalized spacial score (nSPS) is 11.4. The largest absolute Gasteiger partial charge is 0.243 e. The quantitative estimate of drug-likeness (QED) is 0.173. The molecule has 0 saturated carbocycles. The predicted octanol–water partition coefficient (Wildman–Crippen LogP) is 12.2. The van der Waals surface area contributed by atoms with Crippen LogP contribution in [0.25, 0.3) is 99.0 Å². The van der Waals surface area contributed by atoms with Crippen LogP contribution in [0.1, 0.15) is 0 Å². The van der Waals surface area contributed by atoms with Crippen molar-refractivity contribution in [3.05, 3.63) is 176 Å². The van der Waals surface area contributed by atoms with E-state index in [9.17, 15) is 0 Å². The number of nitrogens with zero attached hydrogens (tertiary/aromatic N) is 5. The van der Waals surface area contributed by atoms with Crippen molar-refractivity contribution in [1.82, 2.24) is 24.9 Å². The Morgan fingerprint density at radius 1 is 0.302 bits per heavy atom. The monoisotopic (exact) mass is 695 g/mol. The van der Waals surface area contributed by atoms with Gasteiger partial charge in [-0.25, -0.2) is 24.9 Å². The topological polar surface area (TPSA) is 64.5 Å². The minimum Gasteiger partial charge on any atom is -0.243 e. The molecule has 0 aliphatic rings. The number of fused-ring (bicyclic) bond motifs is 4. The Balaban J connectivity index is 0.965. The maximum atomic E-state index is 5.12. The molecule has 6 heteroatoms. The summed E-state index contributed by atoms with van der Waals surface area (Å²) >= 11 is 1.69. The van der Waals surface area contributed by atoms with Gasteiger partial charge < -0.3 is 0 Å². The molecule has 0 radical (unpaired) electrons. The first-order chi connectivity index (χ1) is 26.2. The summed E-state index contributed by atoms with van der Waals surface area (Å²) in [6.45, 7) is 0. The number of aromatic nitrogens is 5. The molecule has 248 valence electrons. The van der Waals surface area contributed by atoms with Gasteiger partial charge in [0.05, 0.1) is 11.0 Å². The lowest BCUT2D eigenvalue weighted by Gasteiger charge is -2.10. The lowest BCUT2D eigenvalue weighted by molar-refractivity contribution is 1.07. The van der Waals surface area contributed by atoms with E-state index >= 15 is 0 Å². The zero-order valence-corrected chi connectivity index (χ0v) is 29.2. The molecule has 10 rings (SSSR count). The third-order valence-corrected chi connectivity index (χ3v) is 10.7. The van der Waals surface area contributed by atoms with Gasteiger partial charge in [-0.05, 0) is 39.9 Å². The number of benzene rings is 7. The average molecular weight is 696 g/mol. The van der Waals surface area contributed by atoms with Crippen LogP contribution in [0.5, 0.6) is 0 Å². The van der Waals surface area contributed by atoms with Gasteiger partial charge in [0.2, 0.25) is 0 Å². The van der Waals surface area contributed by atoms with Crippen molar-refractivity contribution in [3.63, 3.8) is 0 Å². The highest BCUT2D eigenvalue weighted by molar-refractivity contribution is 7.25. The minimum atomic E-state index is 0.632. The summed E-state index contributed by atoms with van der Waals surface area (Å²) in [6.07, 6.45) is 0. The molecule has 0 atom stereocenters. The molecule has 53 heavy (non-hydrogen) atoms. The van der Waals surface area contributed by atoms with Gasteiger partial charge in [-0.3, -0.25) is 0 Å². The molecule has 0 unspecified atom stereocenters. The molecule has 5 nitrogen and oxygen atoms in total. The first kappa shape index (κ1) is 30.9. The second kappa shape index (κ2) is 13.0. The summed E-state index contributed by atoms with van der Waals surface area (Å²) in [4.78, 5) is 25.9. The van der Waals surface area contributed by atoms with Crippen molar-refractivity contribution in [3.8, 4) is 67.5 Å². The number of thiophene rings is 1. The van der Waals surface area contributed by atoms with Gasteiger partial charge in [0.15, 0.2) is 17.5 Å². The smallest absolute Gasteiger partial charge is 0.164 e. The summed E-state index contributed by atoms with van der Waals surface area (Å²) in [7, 11) is 0. The first-order valence-electron chi connectivity index (χ1n) is 17.5. The van der Waals surface area contributed by atoms with E-state index in [2.05, 4.69) is 133 Å². The lowest BCUT2D eigenvalue weighted by atomic mass is 9.98. The molecule has 0 N–H and O–H groups in total. The van der Waals surface area contributed by atoms with Crippen LogP contribution in [0.3, 0.4) is 0 Å². The second-order valence-electron chi connectivity index (χ2n) is 12.9. The van der Waals surface area contributed by atoms with Crippen molar-refractivity contribution in [2.24, 2.45) is 0 Å². The van der Waals surface area contributed by atoms with Gasteiger partial charge in [0, 0.05) is 32.3 Å². The zero-order valence-electron chi connectivity index (χ0n) is 28.4. The minimum absolute atomic E-state index is 0.632. The van der Waals surface area contributed by atoms with Crippen molar-refractivity contribution in [2.75, 3.05) is 0 Å². The molecular formula is C47H29N5S. The van der Waals surface area contributed by atoms with Crippen LogP contribution in [0.15, 0.2) is 176 Å². The van der Waals surface area contributed by atoms with Gasteiger partial charge in [0.25, 0.3) is 0 Å². The Kier molecular flexibility index (Phi) is 7.59. The van der Waals surface area contributed by atoms with Gasteiger partial charge in [-0.15, -0.1) is 11.3 Å². The van der Waals surface area contributed by atoms with Gasteiger partial charge in [0.1, 0.15) is 10.3 Å². The number of hydrogen-bond acceptors (Lipinski definition) is 6. The Hall–Kier alpha value is -6.89. The molecule has 0 fully saturated rings. The molecule has 0 aliphatic carbocycles. The Morgan fingerprint density at radius 2 is 0.755 bits per heavy atom. The van der Waals surface area contributed by atoms with E-state index in [0.717, 1.165) is 71.3 Å². The second-order valence-corrected chi connectivity index (χ2v) is 13.9. The van der Waals surface area contributed by atoms with E-state index in [1.54, 1.807) is 11.3 Å². The zero-order chi connectivity index (χ0) is 35.1. The van der Waals surface area contributed by atoms with Crippen molar-refractivity contribution in [1.29, 1.82) is 0 Å². The predicted molar refractivity (Wildman–Crippen MR) is 218 cm³/mol. The third kappa shape index (κ3) is 5.81. The Labute approximate surface area is 310 Å². The molecule has 0 spiro atoms. The molecule has 0 amide bonds. The fourth-order valence-corrected chi connectivity index (χ4v) is 7.86. The van der Waals surface area contributed by atoms with E-state index in [4.69, 9.17) is 24.9 Å². The molecule has 3 aromatic heterocycles. The first-order valence-corrected chi connectivity index (χ1v) is 18.3. The molecule has 0 bridgehead atoms. The summed E-state index contributed by atoms with van der Waals surface area (Å²) < 4.78 is 1.20. The van der Waals surface area contributed by atoms with Gasteiger partial charge >= 0.3 is 0 Å². The van der Waals surface area contributed by atoms with Gasteiger partial charge in [-0.1, -0.05) is 164 Å². The van der Waals surface area contributed by atoms with Crippen LogP contribution in [0.4, 0.5) is 0 Å². The number of hydrogen-bond donors (Lipinski definition) is 0. The van der Waals surface area contributed by atoms with Crippen LogP contribution in [-0.4, -0.2) is 24.9 Å². The fraction of sp³-hybridized carbons (Fsp3) is 0. The van der Waals surface area contributed by atoms with Crippen molar-refractivity contribution < 1.29 is 0 Å². The van der Waals surface area contributed by atoms with E-state index < -0.39 is 0 Å². The maximum Gasteiger partial charge on any atom is 0.164 e. The van der Waals surface area contributed by atoms with E-state index in [-0.39, 0.29) is 0 Å². The van der Waals surface area contributed by atoms with Crippen LogP contribution in [-0.2, 0) is 0 Å². The SMILES string of the molecule is c1ccc(-c2ccc(-c3nc(-c4ccccc4)nc(-c4ccc(-c5ccc(-c6cccc7nc8c(nc67)sc6ccccc68)cc5)cc4)n3)cc2)cc1.